The van der Waals surface area contributed by atoms with Crippen molar-refractivity contribution in [3.8, 4) is 16.3 Å². The minimum atomic E-state index is -0.266. The molecule has 2 aliphatic rings. The van der Waals surface area contributed by atoms with Gasteiger partial charge in [-0.05, 0) is 67.8 Å². The average molecular weight is 497 g/mol. The van der Waals surface area contributed by atoms with E-state index in [2.05, 4.69) is 21.4 Å². The SMILES string of the molecule is Cc1cc2c(cc1OCC(=O)Nc1ccc(-c3nc4ccccc4s3)cc1)N=C[C@@H]1CCCN1C2=O. The number of aliphatic imine (C=N–C) groups is 1. The van der Waals surface area contributed by atoms with Crippen LogP contribution in [-0.2, 0) is 4.79 Å². The van der Waals surface area contributed by atoms with E-state index < -0.39 is 0 Å². The number of rotatable bonds is 5. The summed E-state index contributed by atoms with van der Waals surface area (Å²) < 4.78 is 6.96. The zero-order valence-corrected chi connectivity index (χ0v) is 20.5. The second kappa shape index (κ2) is 9.20. The van der Waals surface area contributed by atoms with E-state index in [0.29, 0.717) is 22.7 Å². The summed E-state index contributed by atoms with van der Waals surface area (Å²) >= 11 is 1.64. The van der Waals surface area contributed by atoms with Crippen molar-refractivity contribution in [1.29, 1.82) is 0 Å². The number of nitrogens with one attached hydrogen (secondary N) is 1. The molecule has 0 unspecified atom stereocenters. The second-order valence-corrected chi connectivity index (χ2v) is 10.1. The Balaban J connectivity index is 1.11. The first-order valence-corrected chi connectivity index (χ1v) is 12.8. The number of anilines is 1. The van der Waals surface area contributed by atoms with Gasteiger partial charge in [0.2, 0.25) is 0 Å². The number of amides is 2. The number of carbonyl (C=O) groups excluding carboxylic acids is 2. The number of carbonyl (C=O) groups is 2. The van der Waals surface area contributed by atoms with Gasteiger partial charge in [0.1, 0.15) is 10.8 Å². The molecule has 3 aromatic carbocycles. The number of benzene rings is 3. The number of aromatic nitrogens is 1. The number of hydrogen-bond donors (Lipinski definition) is 1. The van der Waals surface area contributed by atoms with Crippen LogP contribution < -0.4 is 10.1 Å². The molecule has 0 spiro atoms. The summed E-state index contributed by atoms with van der Waals surface area (Å²) in [6.07, 6.45) is 3.78. The monoisotopic (exact) mass is 496 g/mol. The van der Waals surface area contributed by atoms with Gasteiger partial charge in [0, 0.05) is 30.1 Å². The highest BCUT2D eigenvalue weighted by atomic mass is 32.1. The molecule has 1 N–H and O–H groups in total. The normalized spacial score (nSPS) is 16.5. The van der Waals surface area contributed by atoms with Gasteiger partial charge in [-0.25, -0.2) is 4.98 Å². The average Bonchev–Trinajstić information content (AvgIpc) is 3.51. The molecule has 1 atom stereocenters. The molecule has 2 aliphatic heterocycles. The van der Waals surface area contributed by atoms with Crippen LogP contribution in [0.15, 0.2) is 65.7 Å². The molecule has 0 aliphatic carbocycles. The lowest BCUT2D eigenvalue weighted by Crippen LogP contribution is -2.35. The van der Waals surface area contributed by atoms with Gasteiger partial charge in [-0.15, -0.1) is 11.3 Å². The van der Waals surface area contributed by atoms with E-state index >= 15 is 0 Å². The number of thiazole rings is 1. The Morgan fingerprint density at radius 2 is 2.00 bits per heavy atom. The molecule has 7 nitrogen and oxygen atoms in total. The fourth-order valence-corrected chi connectivity index (χ4v) is 5.63. The van der Waals surface area contributed by atoms with E-state index in [1.807, 2.05) is 66.6 Å². The number of hydrogen-bond acceptors (Lipinski definition) is 6. The Bertz CT molecular complexity index is 1480. The number of fused-ring (bicyclic) bond motifs is 3. The molecule has 4 aromatic rings. The lowest BCUT2D eigenvalue weighted by Gasteiger charge is -2.20. The maximum atomic E-state index is 12.9. The summed E-state index contributed by atoms with van der Waals surface area (Å²) in [6.45, 7) is 2.48. The third-order valence-corrected chi connectivity index (χ3v) is 7.62. The van der Waals surface area contributed by atoms with Crippen LogP contribution in [0, 0.1) is 6.92 Å². The molecule has 0 radical (unpaired) electrons. The minimum absolute atomic E-state index is 0.00619. The second-order valence-electron chi connectivity index (χ2n) is 9.02. The lowest BCUT2D eigenvalue weighted by atomic mass is 10.1. The van der Waals surface area contributed by atoms with E-state index in [4.69, 9.17) is 4.74 Å². The Kier molecular flexibility index (Phi) is 5.73. The van der Waals surface area contributed by atoms with Gasteiger partial charge in [-0.2, -0.15) is 0 Å². The summed E-state index contributed by atoms with van der Waals surface area (Å²) in [5, 5.41) is 3.81. The standard InChI is InChI=1S/C28H24N4O3S/c1-17-13-21-23(29-15-20-5-4-12-32(20)28(21)34)14-24(17)35-16-26(33)30-19-10-8-18(9-11-19)27-31-22-6-2-3-7-25(22)36-27/h2-3,6-11,13-15,20H,4-5,12,16H2,1H3,(H,30,33)/t20-/m0/s1. The van der Waals surface area contributed by atoms with Crippen LogP contribution in [0.25, 0.3) is 20.8 Å². The molecular weight excluding hydrogens is 472 g/mol. The van der Waals surface area contributed by atoms with Crippen LogP contribution >= 0.6 is 11.3 Å². The Morgan fingerprint density at radius 3 is 2.83 bits per heavy atom. The first-order chi connectivity index (χ1) is 17.5. The molecule has 3 heterocycles. The topological polar surface area (TPSA) is 83.9 Å². The maximum absolute atomic E-state index is 12.9. The highest BCUT2D eigenvalue weighted by Crippen LogP contribution is 2.34. The van der Waals surface area contributed by atoms with E-state index in [-0.39, 0.29) is 24.5 Å². The van der Waals surface area contributed by atoms with Crippen molar-refractivity contribution in [3.05, 3.63) is 71.8 Å². The molecule has 0 bridgehead atoms. The largest absolute Gasteiger partial charge is 0.483 e. The Hall–Kier alpha value is -4.04. The fourth-order valence-electron chi connectivity index (χ4n) is 4.66. The summed E-state index contributed by atoms with van der Waals surface area (Å²) in [7, 11) is 0. The first-order valence-electron chi connectivity index (χ1n) is 11.9. The van der Waals surface area contributed by atoms with Crippen molar-refractivity contribution in [3.63, 3.8) is 0 Å². The van der Waals surface area contributed by atoms with Crippen molar-refractivity contribution in [2.75, 3.05) is 18.5 Å². The highest BCUT2D eigenvalue weighted by molar-refractivity contribution is 7.21. The molecule has 1 fully saturated rings. The van der Waals surface area contributed by atoms with Gasteiger partial charge >= 0.3 is 0 Å². The van der Waals surface area contributed by atoms with Gasteiger partial charge in [0.05, 0.1) is 27.5 Å². The van der Waals surface area contributed by atoms with E-state index in [1.54, 1.807) is 17.4 Å². The highest BCUT2D eigenvalue weighted by Gasteiger charge is 2.32. The molecule has 36 heavy (non-hydrogen) atoms. The van der Waals surface area contributed by atoms with Gasteiger partial charge in [-0.3, -0.25) is 14.6 Å². The molecule has 1 aromatic heterocycles. The maximum Gasteiger partial charge on any atom is 0.262 e. The fraction of sp³-hybridized carbons (Fsp3) is 0.214. The zero-order chi connectivity index (χ0) is 24.6. The summed E-state index contributed by atoms with van der Waals surface area (Å²) in [6, 6.07) is 19.3. The van der Waals surface area contributed by atoms with Gasteiger partial charge in [0.25, 0.3) is 11.8 Å². The van der Waals surface area contributed by atoms with Crippen LogP contribution in [0.4, 0.5) is 11.4 Å². The van der Waals surface area contributed by atoms with Gasteiger partial charge < -0.3 is 15.0 Å². The van der Waals surface area contributed by atoms with Crippen LogP contribution in [0.1, 0.15) is 28.8 Å². The van der Waals surface area contributed by atoms with Crippen molar-refractivity contribution in [2.24, 2.45) is 4.99 Å². The van der Waals surface area contributed by atoms with Crippen LogP contribution in [0.3, 0.4) is 0 Å². The van der Waals surface area contributed by atoms with E-state index in [9.17, 15) is 9.59 Å². The predicted octanol–water partition coefficient (Wildman–Crippen LogP) is 5.61. The van der Waals surface area contributed by atoms with Crippen LogP contribution in [0.2, 0.25) is 0 Å². The number of nitrogens with zero attached hydrogens (tertiary/aromatic N) is 3. The third-order valence-electron chi connectivity index (χ3n) is 6.54. The van der Waals surface area contributed by atoms with Crippen molar-refractivity contribution < 1.29 is 14.3 Å². The molecule has 1 saturated heterocycles. The molecule has 0 saturated carbocycles. The number of ether oxygens (including phenoxy) is 1. The minimum Gasteiger partial charge on any atom is -0.483 e. The summed E-state index contributed by atoms with van der Waals surface area (Å²) in [4.78, 5) is 36.6. The predicted molar refractivity (Wildman–Crippen MR) is 143 cm³/mol. The van der Waals surface area contributed by atoms with E-state index in [0.717, 1.165) is 45.7 Å². The lowest BCUT2D eigenvalue weighted by molar-refractivity contribution is -0.118. The van der Waals surface area contributed by atoms with E-state index in [1.165, 1.54) is 0 Å². The molecule has 6 rings (SSSR count). The third kappa shape index (κ3) is 4.24. The summed E-state index contributed by atoms with van der Waals surface area (Å²) in [5.41, 5.74) is 4.63. The smallest absolute Gasteiger partial charge is 0.262 e. The Labute approximate surface area is 212 Å². The number of para-hydroxylation sites is 1. The first kappa shape index (κ1) is 22.4. The van der Waals surface area contributed by atoms with Crippen LogP contribution in [-0.4, -0.2) is 47.1 Å². The molecule has 2 amide bonds. The zero-order valence-electron chi connectivity index (χ0n) is 19.7. The van der Waals surface area contributed by atoms with Crippen molar-refractivity contribution >= 4 is 51.0 Å². The van der Waals surface area contributed by atoms with Gasteiger partial charge in [0.15, 0.2) is 6.61 Å². The van der Waals surface area contributed by atoms with Gasteiger partial charge in [-0.1, -0.05) is 12.1 Å². The summed E-state index contributed by atoms with van der Waals surface area (Å²) in [5.74, 6) is 0.283. The number of aryl methyl sites for hydroxylation is 1. The molecule has 180 valence electrons. The molecule has 8 heteroatoms. The van der Waals surface area contributed by atoms with Crippen LogP contribution in [0.5, 0.6) is 5.75 Å². The molecular formula is C28H24N4O3S. The quantitative estimate of drug-likeness (QED) is 0.389. The Morgan fingerprint density at radius 1 is 1.17 bits per heavy atom. The van der Waals surface area contributed by atoms with Crippen molar-refractivity contribution in [2.45, 2.75) is 25.8 Å². The van der Waals surface area contributed by atoms with Crippen molar-refractivity contribution in [1.82, 2.24) is 9.88 Å².